The number of carbonyl (C=O) groups excluding carboxylic acids is 1. The first-order chi connectivity index (χ1) is 11.2. The number of hydrogen-bond acceptors (Lipinski definition) is 2. The Bertz CT molecular complexity index is 614. The van der Waals surface area contributed by atoms with Gasteiger partial charge >= 0.3 is 6.03 Å². The van der Waals surface area contributed by atoms with E-state index in [0.29, 0.717) is 13.0 Å². The van der Waals surface area contributed by atoms with E-state index >= 15 is 0 Å². The summed E-state index contributed by atoms with van der Waals surface area (Å²) in [4.78, 5) is 12.0. The van der Waals surface area contributed by atoms with Gasteiger partial charge in [-0.05, 0) is 36.0 Å². The maximum Gasteiger partial charge on any atom is 0.319 e. The fraction of sp³-hybridized carbons (Fsp3) is 0.316. The molecule has 0 saturated carbocycles. The molecule has 0 aliphatic heterocycles. The maximum absolute atomic E-state index is 12.0. The predicted molar refractivity (Wildman–Crippen MR) is 93.6 cm³/mol. The lowest BCUT2D eigenvalue weighted by atomic mass is 10.0. The zero-order valence-corrected chi connectivity index (χ0v) is 13.5. The van der Waals surface area contributed by atoms with Gasteiger partial charge in [0.05, 0.1) is 0 Å². The molecule has 0 heterocycles. The van der Waals surface area contributed by atoms with E-state index in [2.05, 4.69) is 22.8 Å². The van der Waals surface area contributed by atoms with Crippen molar-refractivity contribution in [3.05, 3.63) is 65.7 Å². The van der Waals surface area contributed by atoms with Crippen molar-refractivity contribution in [2.24, 2.45) is 5.92 Å². The van der Waals surface area contributed by atoms with Gasteiger partial charge in [-0.2, -0.15) is 0 Å². The molecule has 1 atom stereocenters. The Hall–Kier alpha value is -2.33. The van der Waals surface area contributed by atoms with Crippen molar-refractivity contribution in [1.29, 1.82) is 0 Å². The maximum atomic E-state index is 12.0. The number of benzene rings is 2. The largest absolute Gasteiger partial charge is 0.396 e. The Morgan fingerprint density at radius 2 is 1.78 bits per heavy atom. The molecule has 3 N–H and O–H groups in total. The van der Waals surface area contributed by atoms with Crippen molar-refractivity contribution < 1.29 is 9.90 Å². The Labute approximate surface area is 137 Å². The SMILES string of the molecule is CC(CCO)CNC(=O)Nc1ccccc1Cc1ccccc1. The topological polar surface area (TPSA) is 61.4 Å². The summed E-state index contributed by atoms with van der Waals surface area (Å²) >= 11 is 0. The number of carbonyl (C=O) groups is 1. The molecule has 4 nitrogen and oxygen atoms in total. The van der Waals surface area contributed by atoms with Crippen LogP contribution in [0.4, 0.5) is 10.5 Å². The molecule has 0 saturated heterocycles. The fourth-order valence-corrected chi connectivity index (χ4v) is 2.37. The summed E-state index contributed by atoms with van der Waals surface area (Å²) in [6.07, 6.45) is 1.46. The van der Waals surface area contributed by atoms with Crippen LogP contribution in [0.25, 0.3) is 0 Å². The van der Waals surface area contributed by atoms with Crippen molar-refractivity contribution in [2.45, 2.75) is 19.8 Å². The average molecular weight is 312 g/mol. The molecular weight excluding hydrogens is 288 g/mol. The van der Waals surface area contributed by atoms with Crippen molar-refractivity contribution in [2.75, 3.05) is 18.5 Å². The molecule has 0 radical (unpaired) electrons. The van der Waals surface area contributed by atoms with E-state index in [1.54, 1.807) is 0 Å². The molecule has 0 spiro atoms. The van der Waals surface area contributed by atoms with Gasteiger partial charge in [-0.15, -0.1) is 0 Å². The van der Waals surface area contributed by atoms with E-state index in [-0.39, 0.29) is 18.6 Å². The van der Waals surface area contributed by atoms with Crippen molar-refractivity contribution in [1.82, 2.24) is 5.32 Å². The number of nitrogens with one attached hydrogen (secondary N) is 2. The van der Waals surface area contributed by atoms with Crippen molar-refractivity contribution in [3.8, 4) is 0 Å². The lowest BCUT2D eigenvalue weighted by Crippen LogP contribution is -2.32. The molecule has 0 aromatic heterocycles. The van der Waals surface area contributed by atoms with Gasteiger partial charge < -0.3 is 15.7 Å². The third-order valence-electron chi connectivity index (χ3n) is 3.74. The number of amides is 2. The molecule has 2 amide bonds. The minimum Gasteiger partial charge on any atom is -0.396 e. The van der Waals surface area contributed by atoms with Gasteiger partial charge in [0.2, 0.25) is 0 Å². The second-order valence-corrected chi connectivity index (χ2v) is 5.77. The summed E-state index contributed by atoms with van der Waals surface area (Å²) in [5, 5.41) is 14.6. The molecule has 0 fully saturated rings. The van der Waals surface area contributed by atoms with E-state index in [1.165, 1.54) is 5.56 Å². The molecular formula is C19H24N2O2. The molecule has 2 aromatic carbocycles. The molecule has 1 unspecified atom stereocenters. The highest BCUT2D eigenvalue weighted by molar-refractivity contribution is 5.90. The third kappa shape index (κ3) is 5.75. The third-order valence-corrected chi connectivity index (χ3v) is 3.74. The Morgan fingerprint density at radius 1 is 1.09 bits per heavy atom. The van der Waals surface area contributed by atoms with Crippen LogP contribution in [0.5, 0.6) is 0 Å². The first-order valence-electron chi connectivity index (χ1n) is 7.96. The number of urea groups is 1. The summed E-state index contributed by atoms with van der Waals surface area (Å²) in [5.41, 5.74) is 3.11. The normalized spacial score (nSPS) is 11.7. The van der Waals surface area contributed by atoms with Crippen LogP contribution in [0, 0.1) is 5.92 Å². The van der Waals surface area contributed by atoms with Crippen LogP contribution in [0.3, 0.4) is 0 Å². The molecule has 122 valence electrons. The van der Waals surface area contributed by atoms with Crippen molar-refractivity contribution >= 4 is 11.7 Å². The number of hydrogen-bond donors (Lipinski definition) is 3. The molecule has 23 heavy (non-hydrogen) atoms. The summed E-state index contributed by atoms with van der Waals surface area (Å²) in [6.45, 7) is 2.69. The minimum atomic E-state index is -0.213. The second-order valence-electron chi connectivity index (χ2n) is 5.77. The summed E-state index contributed by atoms with van der Waals surface area (Å²) in [6, 6.07) is 17.8. The highest BCUT2D eigenvalue weighted by atomic mass is 16.3. The van der Waals surface area contributed by atoms with Gasteiger partial charge in [0.15, 0.2) is 0 Å². The number of aliphatic hydroxyl groups excluding tert-OH is 1. The van der Waals surface area contributed by atoms with E-state index in [0.717, 1.165) is 17.7 Å². The summed E-state index contributed by atoms with van der Waals surface area (Å²) < 4.78 is 0. The highest BCUT2D eigenvalue weighted by Crippen LogP contribution is 2.19. The quantitative estimate of drug-likeness (QED) is 0.733. The number of para-hydroxylation sites is 1. The average Bonchev–Trinajstić information content (AvgIpc) is 2.56. The minimum absolute atomic E-state index is 0.143. The first-order valence-corrected chi connectivity index (χ1v) is 7.96. The van der Waals surface area contributed by atoms with Crippen LogP contribution in [-0.2, 0) is 6.42 Å². The van der Waals surface area contributed by atoms with Crippen LogP contribution < -0.4 is 10.6 Å². The second kappa shape index (κ2) is 8.96. The summed E-state index contributed by atoms with van der Waals surface area (Å²) in [7, 11) is 0. The van der Waals surface area contributed by atoms with Gasteiger partial charge in [-0.1, -0.05) is 55.5 Å². The van der Waals surface area contributed by atoms with E-state index in [4.69, 9.17) is 5.11 Å². The van der Waals surface area contributed by atoms with Gasteiger partial charge in [0.1, 0.15) is 0 Å². The standard InChI is InChI=1S/C19H24N2O2/c1-15(11-12-22)14-20-19(23)21-18-10-6-5-9-17(18)13-16-7-3-2-4-8-16/h2-10,15,22H,11-14H2,1H3,(H2,20,21,23). The van der Waals surface area contributed by atoms with Crippen LogP contribution >= 0.6 is 0 Å². The molecule has 2 rings (SSSR count). The van der Waals surface area contributed by atoms with Crippen molar-refractivity contribution in [3.63, 3.8) is 0 Å². The van der Waals surface area contributed by atoms with Gasteiger partial charge in [-0.3, -0.25) is 0 Å². The van der Waals surface area contributed by atoms with Crippen LogP contribution in [0.15, 0.2) is 54.6 Å². The monoisotopic (exact) mass is 312 g/mol. The lowest BCUT2D eigenvalue weighted by Gasteiger charge is -2.14. The zero-order valence-electron chi connectivity index (χ0n) is 13.5. The molecule has 0 aliphatic carbocycles. The molecule has 2 aromatic rings. The highest BCUT2D eigenvalue weighted by Gasteiger charge is 2.08. The lowest BCUT2D eigenvalue weighted by molar-refractivity contribution is 0.243. The predicted octanol–water partition coefficient (Wildman–Crippen LogP) is 3.42. The number of aliphatic hydroxyl groups is 1. The Kier molecular flexibility index (Phi) is 6.63. The Morgan fingerprint density at radius 3 is 2.52 bits per heavy atom. The van der Waals surface area contributed by atoms with Crippen LogP contribution in [0.2, 0.25) is 0 Å². The molecule has 0 bridgehead atoms. The summed E-state index contributed by atoms with van der Waals surface area (Å²) in [5.74, 6) is 0.255. The van der Waals surface area contributed by atoms with Gasteiger partial charge in [0.25, 0.3) is 0 Å². The zero-order chi connectivity index (χ0) is 16.5. The Balaban J connectivity index is 1.96. The van der Waals surface area contributed by atoms with Gasteiger partial charge in [0, 0.05) is 18.8 Å². The number of anilines is 1. The number of rotatable bonds is 7. The van der Waals surface area contributed by atoms with E-state index in [9.17, 15) is 4.79 Å². The fourth-order valence-electron chi connectivity index (χ4n) is 2.37. The smallest absolute Gasteiger partial charge is 0.319 e. The van der Waals surface area contributed by atoms with E-state index < -0.39 is 0 Å². The first kappa shape index (κ1) is 17.0. The van der Waals surface area contributed by atoms with Crippen LogP contribution in [0.1, 0.15) is 24.5 Å². The molecule has 4 heteroatoms. The molecule has 0 aliphatic rings. The van der Waals surface area contributed by atoms with Crippen LogP contribution in [-0.4, -0.2) is 24.3 Å². The van der Waals surface area contributed by atoms with E-state index in [1.807, 2.05) is 49.4 Å². The van der Waals surface area contributed by atoms with Gasteiger partial charge in [-0.25, -0.2) is 4.79 Å².